The minimum atomic E-state index is -0.629. The summed E-state index contributed by atoms with van der Waals surface area (Å²) in [4.78, 5) is 16.4. The van der Waals surface area contributed by atoms with E-state index >= 15 is 0 Å². The van der Waals surface area contributed by atoms with Gasteiger partial charge in [0.25, 0.3) is 0 Å². The lowest BCUT2D eigenvalue weighted by Crippen LogP contribution is -2.06. The first-order chi connectivity index (χ1) is 7.49. The van der Waals surface area contributed by atoms with Crippen molar-refractivity contribution in [2.75, 3.05) is 0 Å². The van der Waals surface area contributed by atoms with Gasteiger partial charge >= 0.3 is 5.69 Å². The van der Waals surface area contributed by atoms with E-state index in [-0.39, 0.29) is 11.6 Å². The molecule has 5 heteroatoms. The molecule has 0 amide bonds. The van der Waals surface area contributed by atoms with Gasteiger partial charge in [0.05, 0.1) is 17.1 Å². The largest absolute Gasteiger partial charge is 0.388 e. The van der Waals surface area contributed by atoms with Gasteiger partial charge < -0.3 is 15.1 Å². The van der Waals surface area contributed by atoms with Crippen LogP contribution in [0.25, 0.3) is 11.0 Å². The first-order valence-electron chi connectivity index (χ1n) is 5.08. The Morgan fingerprint density at radius 3 is 2.38 bits per heavy atom. The molecule has 1 unspecified atom stereocenters. The quantitative estimate of drug-likeness (QED) is 0.753. The summed E-state index contributed by atoms with van der Waals surface area (Å²) in [5.41, 5.74) is 1.67. The van der Waals surface area contributed by atoms with E-state index in [0.29, 0.717) is 21.6 Å². The van der Waals surface area contributed by atoms with Crippen LogP contribution in [-0.4, -0.2) is 15.1 Å². The smallest absolute Gasteiger partial charge is 0.323 e. The molecule has 0 bridgehead atoms. The number of hydrogen-bond acceptors (Lipinski definition) is 2. The van der Waals surface area contributed by atoms with E-state index in [4.69, 9.17) is 11.6 Å². The number of benzene rings is 1. The van der Waals surface area contributed by atoms with Crippen molar-refractivity contribution in [3.63, 3.8) is 0 Å². The molecule has 0 aliphatic heterocycles. The summed E-state index contributed by atoms with van der Waals surface area (Å²) in [6.07, 6.45) is -0.629. The molecule has 86 valence electrons. The number of hydrogen-bond donors (Lipinski definition) is 3. The molecule has 1 atom stereocenters. The van der Waals surface area contributed by atoms with E-state index in [2.05, 4.69) is 9.97 Å². The molecule has 16 heavy (non-hydrogen) atoms. The molecule has 4 nitrogen and oxygen atoms in total. The van der Waals surface area contributed by atoms with E-state index in [1.165, 1.54) is 0 Å². The van der Waals surface area contributed by atoms with Crippen molar-refractivity contribution in [3.05, 3.63) is 33.2 Å². The van der Waals surface area contributed by atoms with Crippen LogP contribution >= 0.6 is 11.6 Å². The van der Waals surface area contributed by atoms with Crippen molar-refractivity contribution >= 4 is 22.6 Å². The van der Waals surface area contributed by atoms with Crippen LogP contribution in [0.1, 0.15) is 25.5 Å². The van der Waals surface area contributed by atoms with Crippen LogP contribution < -0.4 is 5.69 Å². The summed E-state index contributed by atoms with van der Waals surface area (Å²) in [7, 11) is 0. The molecule has 0 aliphatic carbocycles. The molecule has 0 aliphatic rings. The molecule has 3 N–H and O–H groups in total. The average Bonchev–Trinajstić information content (AvgIpc) is 2.54. The highest BCUT2D eigenvalue weighted by atomic mass is 35.5. The lowest BCUT2D eigenvalue weighted by atomic mass is 9.99. The molecular weight excluding hydrogens is 228 g/mol. The van der Waals surface area contributed by atoms with Gasteiger partial charge in [-0.1, -0.05) is 25.4 Å². The molecule has 0 saturated heterocycles. The van der Waals surface area contributed by atoms with Crippen molar-refractivity contribution in [1.82, 2.24) is 9.97 Å². The number of aromatic amines is 2. The number of aromatic nitrogens is 2. The van der Waals surface area contributed by atoms with Gasteiger partial charge in [-0.05, 0) is 18.1 Å². The summed E-state index contributed by atoms with van der Waals surface area (Å²) in [6.45, 7) is 3.82. The Bertz CT molecular complexity index is 571. The second-order valence-corrected chi connectivity index (χ2v) is 4.59. The molecule has 0 spiro atoms. The molecule has 2 rings (SSSR count). The Balaban J connectivity index is 2.61. The fourth-order valence-corrected chi connectivity index (χ4v) is 1.93. The van der Waals surface area contributed by atoms with Crippen LogP contribution in [0.3, 0.4) is 0 Å². The summed E-state index contributed by atoms with van der Waals surface area (Å²) >= 11 is 6.06. The standard InChI is InChI=1S/C11H13ClN2O2/c1-5(2)10(15)6-3-8-9(4-7(6)12)14-11(16)13-8/h3-5,10,15H,1-2H3,(H2,13,14,16). The number of fused-ring (bicyclic) bond motifs is 1. The number of H-pyrrole nitrogens is 2. The first-order valence-corrected chi connectivity index (χ1v) is 5.46. The average molecular weight is 241 g/mol. The Hall–Kier alpha value is -1.26. The topological polar surface area (TPSA) is 68.9 Å². The van der Waals surface area contributed by atoms with Gasteiger partial charge in [0, 0.05) is 10.6 Å². The van der Waals surface area contributed by atoms with Crippen molar-refractivity contribution < 1.29 is 5.11 Å². The minimum absolute atomic E-state index is 0.0700. The zero-order chi connectivity index (χ0) is 11.9. The van der Waals surface area contributed by atoms with Gasteiger partial charge in [0.1, 0.15) is 0 Å². The highest BCUT2D eigenvalue weighted by Gasteiger charge is 2.16. The van der Waals surface area contributed by atoms with Crippen molar-refractivity contribution in [3.8, 4) is 0 Å². The van der Waals surface area contributed by atoms with Crippen molar-refractivity contribution in [2.24, 2.45) is 5.92 Å². The normalized spacial score (nSPS) is 13.6. The van der Waals surface area contributed by atoms with Gasteiger partial charge in [-0.25, -0.2) is 4.79 Å². The van der Waals surface area contributed by atoms with Crippen LogP contribution in [0, 0.1) is 5.92 Å². The lowest BCUT2D eigenvalue weighted by molar-refractivity contribution is 0.127. The van der Waals surface area contributed by atoms with E-state index in [1.54, 1.807) is 12.1 Å². The number of halogens is 1. The summed E-state index contributed by atoms with van der Waals surface area (Å²) < 4.78 is 0. The zero-order valence-corrected chi connectivity index (χ0v) is 9.80. The van der Waals surface area contributed by atoms with Crippen LogP contribution in [0.2, 0.25) is 5.02 Å². The van der Waals surface area contributed by atoms with Crippen LogP contribution in [0.5, 0.6) is 0 Å². The maximum Gasteiger partial charge on any atom is 0.323 e. The third kappa shape index (κ3) is 1.86. The van der Waals surface area contributed by atoms with Gasteiger partial charge in [-0.3, -0.25) is 0 Å². The van der Waals surface area contributed by atoms with E-state index in [9.17, 15) is 9.90 Å². The zero-order valence-electron chi connectivity index (χ0n) is 9.04. The number of imidazole rings is 1. The summed E-state index contributed by atoms with van der Waals surface area (Å²) in [5, 5.41) is 10.4. The number of nitrogens with one attached hydrogen (secondary N) is 2. The van der Waals surface area contributed by atoms with Gasteiger partial charge in [-0.2, -0.15) is 0 Å². The number of aliphatic hydroxyl groups excluding tert-OH is 1. The Morgan fingerprint density at radius 2 is 1.81 bits per heavy atom. The molecule has 2 aromatic rings. The monoisotopic (exact) mass is 240 g/mol. The number of aliphatic hydroxyl groups is 1. The first kappa shape index (κ1) is 11.2. The molecule has 0 saturated carbocycles. The number of rotatable bonds is 2. The molecule has 1 heterocycles. The Kier molecular flexibility index (Phi) is 2.78. The fourth-order valence-electron chi connectivity index (χ4n) is 1.66. The van der Waals surface area contributed by atoms with Crippen LogP contribution in [0.15, 0.2) is 16.9 Å². The third-order valence-corrected chi connectivity index (χ3v) is 2.91. The van der Waals surface area contributed by atoms with Crippen molar-refractivity contribution in [1.29, 1.82) is 0 Å². The summed E-state index contributed by atoms with van der Waals surface area (Å²) in [6, 6.07) is 3.36. The SMILES string of the molecule is CC(C)C(O)c1cc2[nH]c(=O)[nH]c2cc1Cl. The fraction of sp³-hybridized carbons (Fsp3) is 0.364. The van der Waals surface area contributed by atoms with Crippen LogP contribution in [-0.2, 0) is 0 Å². The highest BCUT2D eigenvalue weighted by molar-refractivity contribution is 6.32. The molecular formula is C11H13ClN2O2. The maximum absolute atomic E-state index is 11.1. The van der Waals surface area contributed by atoms with Gasteiger partial charge in [0.2, 0.25) is 0 Å². The third-order valence-electron chi connectivity index (χ3n) is 2.58. The second kappa shape index (κ2) is 3.96. The second-order valence-electron chi connectivity index (χ2n) is 4.19. The van der Waals surface area contributed by atoms with Crippen LogP contribution in [0.4, 0.5) is 0 Å². The minimum Gasteiger partial charge on any atom is -0.388 e. The molecule has 1 aromatic heterocycles. The van der Waals surface area contributed by atoms with Gasteiger partial charge in [0.15, 0.2) is 0 Å². The molecule has 0 radical (unpaired) electrons. The van der Waals surface area contributed by atoms with Gasteiger partial charge in [-0.15, -0.1) is 0 Å². The van der Waals surface area contributed by atoms with E-state index in [1.807, 2.05) is 13.8 Å². The Morgan fingerprint density at radius 1 is 1.25 bits per heavy atom. The van der Waals surface area contributed by atoms with E-state index < -0.39 is 6.10 Å². The predicted molar refractivity (Wildman–Crippen MR) is 63.7 cm³/mol. The van der Waals surface area contributed by atoms with E-state index in [0.717, 1.165) is 0 Å². The lowest BCUT2D eigenvalue weighted by Gasteiger charge is -2.16. The highest BCUT2D eigenvalue weighted by Crippen LogP contribution is 2.30. The molecule has 0 fully saturated rings. The summed E-state index contributed by atoms with van der Waals surface area (Å²) in [5.74, 6) is 0.0700. The Labute approximate surface area is 97.3 Å². The van der Waals surface area contributed by atoms with Crippen molar-refractivity contribution in [2.45, 2.75) is 20.0 Å². The maximum atomic E-state index is 11.1. The molecule has 1 aromatic carbocycles. The predicted octanol–water partition coefficient (Wildman–Crippen LogP) is 2.20.